The van der Waals surface area contributed by atoms with Crippen LogP contribution < -0.4 is 0 Å². The molecule has 0 radical (unpaired) electrons. The smallest absolute Gasteiger partial charge is 0.293 e. The van der Waals surface area contributed by atoms with E-state index in [1.807, 2.05) is 0 Å². The molecular formula is C8H7F5O. The van der Waals surface area contributed by atoms with E-state index in [1.54, 1.807) is 0 Å². The molecule has 1 nitrogen and oxygen atoms in total. The van der Waals surface area contributed by atoms with E-state index in [4.69, 9.17) is 0 Å². The van der Waals surface area contributed by atoms with Gasteiger partial charge < -0.3 is 0 Å². The highest BCUT2D eigenvalue weighted by atomic mass is 19.4. The minimum Gasteiger partial charge on any atom is -0.293 e. The molecule has 6 heteroatoms. The van der Waals surface area contributed by atoms with E-state index in [1.165, 1.54) is 6.92 Å². The predicted molar refractivity (Wildman–Crippen MR) is 38.7 cm³/mol. The van der Waals surface area contributed by atoms with E-state index in [9.17, 15) is 26.7 Å². The van der Waals surface area contributed by atoms with Crippen LogP contribution in [-0.2, 0) is 4.79 Å². The van der Waals surface area contributed by atoms with Gasteiger partial charge in [0, 0.05) is 12.8 Å². The van der Waals surface area contributed by atoms with Crippen molar-refractivity contribution in [1.29, 1.82) is 0 Å². The van der Waals surface area contributed by atoms with Gasteiger partial charge in [0.25, 0.3) is 0 Å². The molecule has 0 aliphatic carbocycles. The van der Waals surface area contributed by atoms with Gasteiger partial charge in [0.15, 0.2) is 0 Å². The molecule has 14 heavy (non-hydrogen) atoms. The number of rotatable bonds is 3. The van der Waals surface area contributed by atoms with Crippen LogP contribution in [0.2, 0.25) is 0 Å². The molecule has 0 saturated heterocycles. The summed E-state index contributed by atoms with van der Waals surface area (Å²) in [5, 5.41) is 0. The molecule has 0 amide bonds. The third-order valence-electron chi connectivity index (χ3n) is 1.36. The Kier molecular flexibility index (Phi) is 4.05. The second-order valence-corrected chi connectivity index (χ2v) is 2.42. The second kappa shape index (κ2) is 4.40. The zero-order valence-corrected chi connectivity index (χ0v) is 7.21. The Morgan fingerprint density at radius 2 is 1.71 bits per heavy atom. The van der Waals surface area contributed by atoms with E-state index in [0.717, 1.165) is 0 Å². The molecule has 0 unspecified atom stereocenters. The van der Waals surface area contributed by atoms with Gasteiger partial charge in [0.2, 0.25) is 5.78 Å². The normalized spacial score (nSPS) is 11.9. The van der Waals surface area contributed by atoms with Crippen LogP contribution in [0.4, 0.5) is 22.0 Å². The second-order valence-electron chi connectivity index (χ2n) is 2.42. The summed E-state index contributed by atoms with van der Waals surface area (Å²) >= 11 is 0. The summed E-state index contributed by atoms with van der Waals surface area (Å²) in [6.07, 6.45) is -7.00. The van der Waals surface area contributed by atoms with Crippen LogP contribution in [0.5, 0.6) is 0 Å². The van der Waals surface area contributed by atoms with Gasteiger partial charge in [-0.15, -0.1) is 11.8 Å². The van der Waals surface area contributed by atoms with Crippen molar-refractivity contribution in [2.24, 2.45) is 0 Å². The average Bonchev–Trinajstić information content (AvgIpc) is 2.02. The largest absolute Gasteiger partial charge is 0.461 e. The van der Waals surface area contributed by atoms with Gasteiger partial charge in [-0.3, -0.25) is 4.79 Å². The maximum Gasteiger partial charge on any atom is 0.461 e. The van der Waals surface area contributed by atoms with Gasteiger partial charge >= 0.3 is 12.1 Å². The van der Waals surface area contributed by atoms with Crippen LogP contribution in [0.25, 0.3) is 0 Å². The Bertz CT molecular complexity index is 268. The number of carbonyl (C=O) groups is 1. The minimum atomic E-state index is -5.82. The Morgan fingerprint density at radius 3 is 2.07 bits per heavy atom. The van der Waals surface area contributed by atoms with Gasteiger partial charge in [-0.1, -0.05) is 0 Å². The Labute approximate surface area is 77.3 Å². The molecule has 0 heterocycles. The number of ketones is 1. The Morgan fingerprint density at radius 1 is 1.21 bits per heavy atom. The standard InChI is InChI=1S/C8H7F5O/c1-2-3-4-5-6(14)7(9,10)8(11,12)13/h4-5H2,1H3. The number of carbonyl (C=O) groups excluding carboxylic acids is 1. The molecule has 0 rings (SSSR count). The van der Waals surface area contributed by atoms with Crippen LogP contribution in [-0.4, -0.2) is 17.9 Å². The summed E-state index contributed by atoms with van der Waals surface area (Å²) in [6, 6.07) is 0. The number of alkyl halides is 5. The van der Waals surface area contributed by atoms with Crippen molar-refractivity contribution in [1.82, 2.24) is 0 Å². The molecule has 80 valence electrons. The first-order valence-electron chi connectivity index (χ1n) is 3.61. The average molecular weight is 214 g/mol. The number of Topliss-reactive ketones (excluding diaryl/α,β-unsaturated/α-hetero) is 1. The molecule has 0 aromatic rings. The summed E-state index contributed by atoms with van der Waals surface area (Å²) in [7, 11) is 0. The van der Waals surface area contributed by atoms with E-state index >= 15 is 0 Å². The van der Waals surface area contributed by atoms with Crippen molar-refractivity contribution in [2.75, 3.05) is 0 Å². The van der Waals surface area contributed by atoms with Crippen LogP contribution >= 0.6 is 0 Å². The summed E-state index contributed by atoms with van der Waals surface area (Å²) in [6.45, 7) is 1.40. The highest BCUT2D eigenvalue weighted by Gasteiger charge is 2.62. The van der Waals surface area contributed by atoms with Gasteiger partial charge in [0.1, 0.15) is 0 Å². The zero-order valence-electron chi connectivity index (χ0n) is 7.21. The van der Waals surface area contributed by atoms with Crippen molar-refractivity contribution in [3.8, 4) is 11.8 Å². The molecule has 0 saturated carbocycles. The lowest BCUT2D eigenvalue weighted by atomic mass is 10.1. The molecule has 0 fully saturated rings. The monoisotopic (exact) mass is 214 g/mol. The van der Waals surface area contributed by atoms with E-state index in [2.05, 4.69) is 11.8 Å². The molecule has 0 aliphatic heterocycles. The lowest BCUT2D eigenvalue weighted by Gasteiger charge is -2.17. The van der Waals surface area contributed by atoms with Crippen LogP contribution in [0.15, 0.2) is 0 Å². The molecule has 0 bridgehead atoms. The Hall–Kier alpha value is -1.12. The molecule has 0 N–H and O–H groups in total. The van der Waals surface area contributed by atoms with Crippen molar-refractivity contribution >= 4 is 5.78 Å². The quantitative estimate of drug-likeness (QED) is 0.521. The number of hydrogen-bond donors (Lipinski definition) is 0. The summed E-state index contributed by atoms with van der Waals surface area (Å²) in [4.78, 5) is 10.4. The van der Waals surface area contributed by atoms with Crippen LogP contribution in [0.3, 0.4) is 0 Å². The first-order chi connectivity index (χ1) is 6.23. The third-order valence-corrected chi connectivity index (χ3v) is 1.36. The van der Waals surface area contributed by atoms with Crippen LogP contribution in [0, 0.1) is 11.8 Å². The fourth-order valence-corrected chi connectivity index (χ4v) is 0.616. The lowest BCUT2D eigenvalue weighted by Crippen LogP contribution is -2.43. The van der Waals surface area contributed by atoms with Crippen molar-refractivity contribution < 1.29 is 26.7 Å². The fraction of sp³-hybridized carbons (Fsp3) is 0.625. The topological polar surface area (TPSA) is 17.1 Å². The number of halogens is 5. The predicted octanol–water partition coefficient (Wildman–Crippen LogP) is 2.56. The molecule has 0 aliphatic rings. The Balaban J connectivity index is 4.42. The van der Waals surface area contributed by atoms with Gasteiger partial charge in [-0.2, -0.15) is 22.0 Å². The molecule has 0 atom stereocenters. The summed E-state index contributed by atoms with van der Waals surface area (Å²) in [5.74, 6) is -2.89. The SMILES string of the molecule is CC#CCCC(=O)C(F)(F)C(F)(F)F. The minimum absolute atomic E-state index is 0.291. The maximum atomic E-state index is 12.2. The molecular weight excluding hydrogens is 207 g/mol. The first-order valence-corrected chi connectivity index (χ1v) is 3.61. The third kappa shape index (κ3) is 2.98. The first kappa shape index (κ1) is 12.9. The van der Waals surface area contributed by atoms with Crippen molar-refractivity contribution in [3.63, 3.8) is 0 Å². The zero-order chi connectivity index (χ0) is 11.4. The molecule has 0 aromatic carbocycles. The van der Waals surface area contributed by atoms with Crippen LogP contribution in [0.1, 0.15) is 19.8 Å². The van der Waals surface area contributed by atoms with Gasteiger partial charge in [0.05, 0.1) is 0 Å². The maximum absolute atomic E-state index is 12.2. The number of hydrogen-bond acceptors (Lipinski definition) is 1. The highest BCUT2D eigenvalue weighted by molar-refractivity contribution is 5.86. The van der Waals surface area contributed by atoms with E-state index in [-0.39, 0.29) is 6.42 Å². The summed E-state index contributed by atoms with van der Waals surface area (Å²) < 4.78 is 59.2. The van der Waals surface area contributed by atoms with Crippen molar-refractivity contribution in [3.05, 3.63) is 0 Å². The van der Waals surface area contributed by atoms with E-state index in [0.29, 0.717) is 0 Å². The lowest BCUT2D eigenvalue weighted by molar-refractivity contribution is -0.268. The molecule has 0 aromatic heterocycles. The van der Waals surface area contributed by atoms with Crippen molar-refractivity contribution in [2.45, 2.75) is 31.9 Å². The van der Waals surface area contributed by atoms with Gasteiger partial charge in [-0.25, -0.2) is 0 Å². The van der Waals surface area contributed by atoms with E-state index < -0.39 is 24.3 Å². The fourth-order valence-electron chi connectivity index (χ4n) is 0.616. The highest BCUT2D eigenvalue weighted by Crippen LogP contribution is 2.36. The van der Waals surface area contributed by atoms with Gasteiger partial charge in [-0.05, 0) is 6.92 Å². The molecule has 0 spiro atoms. The summed E-state index contributed by atoms with van der Waals surface area (Å²) in [5.41, 5.74) is 0.